The van der Waals surface area contributed by atoms with Crippen molar-refractivity contribution in [1.82, 2.24) is 0 Å². The van der Waals surface area contributed by atoms with E-state index >= 15 is 0 Å². The van der Waals surface area contributed by atoms with Gasteiger partial charge in [-0.1, -0.05) is 31.2 Å². The monoisotopic (exact) mass is 309 g/mol. The van der Waals surface area contributed by atoms with Crippen LogP contribution in [0.1, 0.15) is 34.5 Å². The van der Waals surface area contributed by atoms with Gasteiger partial charge in [0.1, 0.15) is 0 Å². The van der Waals surface area contributed by atoms with Gasteiger partial charge in [-0.25, -0.2) is 0 Å². The standard InChI is InChI=1S/C14H16BrNS/c1-3-10-4-6-11(7-5-10)13(16)12-8-9(2)14(15)17-12/h4-8,13H,3,16H2,1-2H3. The van der Waals surface area contributed by atoms with Gasteiger partial charge in [0.15, 0.2) is 0 Å². The van der Waals surface area contributed by atoms with Crippen LogP contribution in [0.15, 0.2) is 34.1 Å². The first kappa shape index (κ1) is 12.8. The third-order valence-electron chi connectivity index (χ3n) is 2.93. The van der Waals surface area contributed by atoms with Crippen LogP contribution in [0.4, 0.5) is 0 Å². The smallest absolute Gasteiger partial charge is 0.0731 e. The topological polar surface area (TPSA) is 26.0 Å². The summed E-state index contributed by atoms with van der Waals surface area (Å²) in [5.41, 5.74) is 10.1. The number of hydrogen-bond acceptors (Lipinski definition) is 2. The number of benzene rings is 1. The first-order valence-corrected chi connectivity index (χ1v) is 7.33. The van der Waals surface area contributed by atoms with Crippen LogP contribution in [0.25, 0.3) is 0 Å². The van der Waals surface area contributed by atoms with Gasteiger partial charge < -0.3 is 5.73 Å². The fourth-order valence-electron chi connectivity index (χ4n) is 1.76. The average Bonchev–Trinajstić information content (AvgIpc) is 2.69. The van der Waals surface area contributed by atoms with Crippen LogP contribution in [0.2, 0.25) is 0 Å². The van der Waals surface area contributed by atoms with E-state index < -0.39 is 0 Å². The molecule has 0 amide bonds. The summed E-state index contributed by atoms with van der Waals surface area (Å²) in [7, 11) is 0. The summed E-state index contributed by atoms with van der Waals surface area (Å²) in [5.74, 6) is 0. The Balaban J connectivity index is 2.26. The Labute approximate surface area is 115 Å². The van der Waals surface area contributed by atoms with E-state index in [-0.39, 0.29) is 6.04 Å². The summed E-state index contributed by atoms with van der Waals surface area (Å²) in [6.07, 6.45) is 1.07. The average molecular weight is 310 g/mol. The van der Waals surface area contributed by atoms with Gasteiger partial charge in [-0.3, -0.25) is 0 Å². The van der Waals surface area contributed by atoms with E-state index in [2.05, 4.69) is 60.1 Å². The van der Waals surface area contributed by atoms with E-state index in [1.54, 1.807) is 11.3 Å². The van der Waals surface area contributed by atoms with Gasteiger partial charge in [-0.2, -0.15) is 0 Å². The third-order valence-corrected chi connectivity index (χ3v) is 5.15. The summed E-state index contributed by atoms with van der Waals surface area (Å²) >= 11 is 5.26. The Hall–Kier alpha value is -0.640. The lowest BCUT2D eigenvalue weighted by molar-refractivity contribution is 0.890. The minimum atomic E-state index is -0.0177. The second kappa shape index (κ2) is 5.34. The van der Waals surface area contributed by atoms with E-state index in [9.17, 15) is 0 Å². The highest BCUT2D eigenvalue weighted by Crippen LogP contribution is 2.33. The van der Waals surface area contributed by atoms with Crippen molar-refractivity contribution in [1.29, 1.82) is 0 Å². The zero-order chi connectivity index (χ0) is 12.4. The molecule has 0 aliphatic rings. The van der Waals surface area contributed by atoms with Crippen LogP contribution in [0, 0.1) is 6.92 Å². The van der Waals surface area contributed by atoms with Gasteiger partial charge in [0.25, 0.3) is 0 Å². The minimum Gasteiger partial charge on any atom is -0.320 e. The predicted molar refractivity (Wildman–Crippen MR) is 78.6 cm³/mol. The fraction of sp³-hybridized carbons (Fsp3) is 0.286. The number of hydrogen-bond donors (Lipinski definition) is 1. The Morgan fingerprint density at radius 3 is 2.41 bits per heavy atom. The molecule has 1 aromatic heterocycles. The van der Waals surface area contributed by atoms with E-state index in [1.807, 2.05) is 0 Å². The molecular weight excluding hydrogens is 294 g/mol. The van der Waals surface area contributed by atoms with Crippen LogP contribution in [-0.2, 0) is 6.42 Å². The molecule has 0 fully saturated rings. The molecule has 1 nitrogen and oxygen atoms in total. The summed E-state index contributed by atoms with van der Waals surface area (Å²) in [6, 6.07) is 10.7. The maximum absolute atomic E-state index is 6.28. The molecule has 1 atom stereocenters. The highest BCUT2D eigenvalue weighted by atomic mass is 79.9. The van der Waals surface area contributed by atoms with Gasteiger partial charge in [-0.05, 0) is 52.0 Å². The van der Waals surface area contributed by atoms with Crippen LogP contribution >= 0.6 is 27.3 Å². The molecule has 0 bridgehead atoms. The van der Waals surface area contributed by atoms with Gasteiger partial charge in [-0.15, -0.1) is 11.3 Å². The van der Waals surface area contributed by atoms with Gasteiger partial charge >= 0.3 is 0 Å². The van der Waals surface area contributed by atoms with Gasteiger partial charge in [0.2, 0.25) is 0 Å². The summed E-state index contributed by atoms with van der Waals surface area (Å²) in [6.45, 7) is 4.26. The molecule has 1 unspecified atom stereocenters. The van der Waals surface area contributed by atoms with E-state index in [1.165, 1.54) is 25.4 Å². The highest BCUT2D eigenvalue weighted by molar-refractivity contribution is 9.11. The molecule has 2 aromatic rings. The highest BCUT2D eigenvalue weighted by Gasteiger charge is 2.12. The first-order valence-electron chi connectivity index (χ1n) is 5.72. The molecule has 2 rings (SSSR count). The second-order valence-corrected chi connectivity index (χ2v) is 6.58. The molecule has 0 radical (unpaired) electrons. The minimum absolute atomic E-state index is 0.0177. The van der Waals surface area contributed by atoms with Gasteiger partial charge in [0.05, 0.1) is 9.83 Å². The zero-order valence-electron chi connectivity index (χ0n) is 10.0. The number of nitrogens with two attached hydrogens (primary N) is 1. The quantitative estimate of drug-likeness (QED) is 0.891. The van der Waals surface area contributed by atoms with Crippen molar-refractivity contribution >= 4 is 27.3 Å². The molecule has 0 aliphatic heterocycles. The van der Waals surface area contributed by atoms with Crippen LogP contribution in [0.3, 0.4) is 0 Å². The molecule has 17 heavy (non-hydrogen) atoms. The zero-order valence-corrected chi connectivity index (χ0v) is 12.4. The van der Waals surface area contributed by atoms with Crippen molar-refractivity contribution in [2.24, 2.45) is 5.73 Å². The molecule has 0 saturated carbocycles. The van der Waals surface area contributed by atoms with E-state index in [0.717, 1.165) is 6.42 Å². The fourth-order valence-corrected chi connectivity index (χ4v) is 3.36. The Kier molecular flexibility index (Phi) is 4.02. The maximum Gasteiger partial charge on any atom is 0.0731 e. The SMILES string of the molecule is CCc1ccc(C(N)c2cc(C)c(Br)s2)cc1. The van der Waals surface area contributed by atoms with E-state index in [4.69, 9.17) is 5.73 Å². The summed E-state index contributed by atoms with van der Waals surface area (Å²) < 4.78 is 1.17. The Bertz CT molecular complexity index is 482. The van der Waals surface area contributed by atoms with Crippen LogP contribution < -0.4 is 5.73 Å². The molecule has 2 N–H and O–H groups in total. The number of rotatable bonds is 3. The lowest BCUT2D eigenvalue weighted by atomic mass is 10.0. The number of aryl methyl sites for hydroxylation is 2. The maximum atomic E-state index is 6.28. The predicted octanol–water partition coefficient (Wildman–Crippen LogP) is 4.43. The lowest BCUT2D eigenvalue weighted by Crippen LogP contribution is -2.10. The van der Waals surface area contributed by atoms with Crippen molar-refractivity contribution in [3.8, 4) is 0 Å². The van der Waals surface area contributed by atoms with Gasteiger partial charge in [0, 0.05) is 4.88 Å². The summed E-state index contributed by atoms with van der Waals surface area (Å²) in [4.78, 5) is 1.21. The number of halogens is 1. The Morgan fingerprint density at radius 1 is 1.29 bits per heavy atom. The molecule has 0 spiro atoms. The first-order chi connectivity index (χ1) is 8.11. The molecule has 1 aromatic carbocycles. The van der Waals surface area contributed by atoms with Crippen LogP contribution in [0.5, 0.6) is 0 Å². The summed E-state index contributed by atoms with van der Waals surface area (Å²) in [5, 5.41) is 0. The third kappa shape index (κ3) is 2.79. The van der Waals surface area contributed by atoms with Crippen molar-refractivity contribution in [2.45, 2.75) is 26.3 Å². The molecule has 0 saturated heterocycles. The van der Waals surface area contributed by atoms with Crippen molar-refractivity contribution in [3.63, 3.8) is 0 Å². The van der Waals surface area contributed by atoms with Crippen LogP contribution in [-0.4, -0.2) is 0 Å². The molecule has 90 valence electrons. The second-order valence-electron chi connectivity index (χ2n) is 4.18. The Morgan fingerprint density at radius 2 is 1.94 bits per heavy atom. The normalized spacial score (nSPS) is 12.7. The molecule has 0 aliphatic carbocycles. The lowest BCUT2D eigenvalue weighted by Gasteiger charge is -2.10. The van der Waals surface area contributed by atoms with Crippen molar-refractivity contribution in [2.75, 3.05) is 0 Å². The number of thiophene rings is 1. The van der Waals surface area contributed by atoms with Crippen molar-refractivity contribution in [3.05, 3.63) is 55.7 Å². The molecular formula is C14H16BrNS. The molecule has 3 heteroatoms. The van der Waals surface area contributed by atoms with E-state index in [0.29, 0.717) is 0 Å². The largest absolute Gasteiger partial charge is 0.320 e. The molecule has 1 heterocycles. The van der Waals surface area contributed by atoms with Crippen molar-refractivity contribution < 1.29 is 0 Å².